The van der Waals surface area contributed by atoms with Crippen molar-refractivity contribution < 1.29 is 14.2 Å². The van der Waals surface area contributed by atoms with E-state index in [1.165, 1.54) is 3.58 Å². The summed E-state index contributed by atoms with van der Waals surface area (Å²) in [4.78, 5) is 0. The van der Waals surface area contributed by atoms with Crippen molar-refractivity contribution in [3.63, 3.8) is 0 Å². The number of fused-ring (bicyclic) bond motifs is 1. The molecule has 0 N–H and O–H groups in total. The molecule has 1 aromatic rings. The highest BCUT2D eigenvalue weighted by Gasteiger charge is 2.26. The first kappa shape index (κ1) is 10.9. The quantitative estimate of drug-likeness (QED) is 0.682. The van der Waals surface area contributed by atoms with Crippen LogP contribution in [0.25, 0.3) is 0 Å². The van der Waals surface area contributed by atoms with Gasteiger partial charge in [-0.05, 0) is 40.3 Å². The van der Waals surface area contributed by atoms with Gasteiger partial charge in [0.2, 0.25) is 6.79 Å². The van der Waals surface area contributed by atoms with Crippen LogP contribution in [0.15, 0.2) is 26.3 Å². The van der Waals surface area contributed by atoms with Gasteiger partial charge in [-0.1, -0.05) is 22.0 Å². The van der Waals surface area contributed by atoms with Gasteiger partial charge in [0.1, 0.15) is 6.10 Å². The molecule has 5 heteroatoms. The maximum absolute atomic E-state index is 5.70. The first-order valence-corrected chi connectivity index (χ1v) is 6.68. The minimum atomic E-state index is 0.0180. The van der Waals surface area contributed by atoms with E-state index in [9.17, 15) is 0 Å². The number of ether oxygens (including phenoxy) is 3. The topological polar surface area (TPSA) is 27.7 Å². The van der Waals surface area contributed by atoms with Gasteiger partial charge in [-0.3, -0.25) is 0 Å². The van der Waals surface area contributed by atoms with E-state index in [0.29, 0.717) is 13.4 Å². The van der Waals surface area contributed by atoms with Crippen molar-refractivity contribution in [2.75, 3.05) is 13.4 Å². The zero-order valence-corrected chi connectivity index (χ0v) is 11.9. The van der Waals surface area contributed by atoms with Crippen LogP contribution >= 0.6 is 38.5 Å². The molecule has 2 heterocycles. The summed E-state index contributed by atoms with van der Waals surface area (Å²) in [6, 6.07) is 5.93. The Balaban J connectivity index is 1.96. The summed E-state index contributed by atoms with van der Waals surface area (Å²) in [5.74, 6) is 1.60. The molecule has 0 amide bonds. The Morgan fingerprint density at radius 2 is 2.06 bits per heavy atom. The molecule has 0 fully saturated rings. The second kappa shape index (κ2) is 4.19. The van der Waals surface area contributed by atoms with Gasteiger partial charge in [0, 0.05) is 8.06 Å². The molecular weight excluding hydrogens is 387 g/mol. The van der Waals surface area contributed by atoms with E-state index >= 15 is 0 Å². The minimum absolute atomic E-state index is 0.0180. The largest absolute Gasteiger partial charge is 0.454 e. The van der Waals surface area contributed by atoms with E-state index in [-0.39, 0.29) is 6.10 Å². The van der Waals surface area contributed by atoms with Crippen LogP contribution in [-0.4, -0.2) is 13.4 Å². The predicted molar refractivity (Wildman–Crippen MR) is 71.2 cm³/mol. The lowest BCUT2D eigenvalue weighted by atomic mass is 10.1. The summed E-state index contributed by atoms with van der Waals surface area (Å²) in [6.07, 6.45) is 0.0180. The van der Waals surface area contributed by atoms with Gasteiger partial charge >= 0.3 is 0 Å². The second-order valence-corrected chi connectivity index (χ2v) is 5.68. The number of rotatable bonds is 1. The van der Waals surface area contributed by atoms with Crippen LogP contribution in [-0.2, 0) is 4.74 Å². The standard InChI is InChI=1S/C11H8BrIO3/c12-7-4-14-11(10(7)13)6-1-2-8-9(3-6)16-5-15-8/h1-3,11H,4-5H2. The van der Waals surface area contributed by atoms with Crippen LogP contribution in [0.3, 0.4) is 0 Å². The molecule has 0 saturated heterocycles. The molecule has 2 aliphatic heterocycles. The molecule has 1 atom stereocenters. The minimum Gasteiger partial charge on any atom is -0.454 e. The molecule has 0 spiro atoms. The summed E-state index contributed by atoms with van der Waals surface area (Å²) < 4.78 is 18.6. The molecule has 0 aliphatic carbocycles. The zero-order valence-electron chi connectivity index (χ0n) is 8.20. The highest BCUT2D eigenvalue weighted by atomic mass is 127. The molecule has 84 valence electrons. The molecule has 2 aliphatic rings. The van der Waals surface area contributed by atoms with Crippen molar-refractivity contribution in [3.05, 3.63) is 31.8 Å². The van der Waals surface area contributed by atoms with Gasteiger partial charge in [-0.15, -0.1) is 0 Å². The average molecular weight is 395 g/mol. The van der Waals surface area contributed by atoms with Gasteiger partial charge in [0.05, 0.1) is 6.61 Å². The van der Waals surface area contributed by atoms with Gasteiger partial charge in [0.15, 0.2) is 11.5 Å². The van der Waals surface area contributed by atoms with Crippen molar-refractivity contribution in [2.45, 2.75) is 6.10 Å². The maximum atomic E-state index is 5.70. The molecule has 16 heavy (non-hydrogen) atoms. The molecule has 1 unspecified atom stereocenters. The molecule has 0 saturated carbocycles. The molecule has 0 radical (unpaired) electrons. The van der Waals surface area contributed by atoms with Crippen LogP contribution < -0.4 is 9.47 Å². The second-order valence-electron chi connectivity index (χ2n) is 3.56. The van der Waals surface area contributed by atoms with Crippen molar-refractivity contribution in [1.29, 1.82) is 0 Å². The molecule has 3 nitrogen and oxygen atoms in total. The third-order valence-corrected chi connectivity index (χ3v) is 5.18. The summed E-state index contributed by atoms with van der Waals surface area (Å²) in [6.45, 7) is 0.943. The summed E-state index contributed by atoms with van der Waals surface area (Å²) in [5, 5.41) is 0. The van der Waals surface area contributed by atoms with Gasteiger partial charge in [-0.2, -0.15) is 0 Å². The third kappa shape index (κ3) is 1.74. The average Bonchev–Trinajstić information content (AvgIpc) is 2.86. The van der Waals surface area contributed by atoms with Crippen LogP contribution in [0.2, 0.25) is 0 Å². The lowest BCUT2D eigenvalue weighted by Crippen LogP contribution is -1.97. The fourth-order valence-corrected chi connectivity index (χ4v) is 2.79. The fraction of sp³-hybridized carbons (Fsp3) is 0.273. The normalized spacial score (nSPS) is 23.0. The molecule has 0 aromatic heterocycles. The Hall–Kier alpha value is -0.270. The van der Waals surface area contributed by atoms with E-state index in [2.05, 4.69) is 38.5 Å². The SMILES string of the molecule is BrC1=C(I)C(c2ccc3c(c2)OCO3)OC1. The number of benzene rings is 1. The van der Waals surface area contributed by atoms with Crippen LogP contribution in [0, 0.1) is 0 Å². The fourth-order valence-electron chi connectivity index (χ4n) is 1.76. The first-order chi connectivity index (χ1) is 7.75. The Morgan fingerprint density at radius 3 is 2.81 bits per heavy atom. The molecule has 1 aromatic carbocycles. The van der Waals surface area contributed by atoms with E-state index in [0.717, 1.165) is 21.5 Å². The summed E-state index contributed by atoms with van der Waals surface area (Å²) >= 11 is 5.80. The van der Waals surface area contributed by atoms with Gasteiger partial charge in [-0.25, -0.2) is 0 Å². The lowest BCUT2D eigenvalue weighted by molar-refractivity contribution is 0.127. The van der Waals surface area contributed by atoms with Crippen LogP contribution in [0.4, 0.5) is 0 Å². The van der Waals surface area contributed by atoms with Gasteiger partial charge < -0.3 is 14.2 Å². The van der Waals surface area contributed by atoms with Crippen molar-refractivity contribution in [2.24, 2.45) is 0 Å². The Morgan fingerprint density at radius 1 is 1.25 bits per heavy atom. The van der Waals surface area contributed by atoms with E-state index in [4.69, 9.17) is 14.2 Å². The molecular formula is C11H8BrIO3. The third-order valence-electron chi connectivity index (χ3n) is 2.57. The predicted octanol–water partition coefficient (Wildman–Crippen LogP) is 3.53. The maximum Gasteiger partial charge on any atom is 0.231 e. The Bertz CT molecular complexity index is 472. The van der Waals surface area contributed by atoms with Crippen molar-refractivity contribution in [1.82, 2.24) is 0 Å². The Kier molecular flexibility index (Phi) is 2.85. The molecule has 3 rings (SSSR count). The zero-order chi connectivity index (χ0) is 11.1. The lowest BCUT2D eigenvalue weighted by Gasteiger charge is -2.11. The van der Waals surface area contributed by atoms with Crippen LogP contribution in [0.5, 0.6) is 11.5 Å². The van der Waals surface area contributed by atoms with E-state index < -0.39 is 0 Å². The highest BCUT2D eigenvalue weighted by molar-refractivity contribution is 14.1. The highest BCUT2D eigenvalue weighted by Crippen LogP contribution is 2.43. The Labute approximate surface area is 115 Å². The number of hydrogen-bond donors (Lipinski definition) is 0. The van der Waals surface area contributed by atoms with Gasteiger partial charge in [0.25, 0.3) is 0 Å². The van der Waals surface area contributed by atoms with Crippen molar-refractivity contribution in [3.8, 4) is 11.5 Å². The number of halogens is 2. The van der Waals surface area contributed by atoms with E-state index in [1.807, 2.05) is 18.2 Å². The first-order valence-electron chi connectivity index (χ1n) is 4.81. The molecule has 0 bridgehead atoms. The number of hydrogen-bond acceptors (Lipinski definition) is 3. The smallest absolute Gasteiger partial charge is 0.231 e. The summed E-state index contributed by atoms with van der Waals surface area (Å²) in [5.41, 5.74) is 1.10. The van der Waals surface area contributed by atoms with E-state index in [1.54, 1.807) is 0 Å². The van der Waals surface area contributed by atoms with Crippen molar-refractivity contribution >= 4 is 38.5 Å². The summed E-state index contributed by atoms with van der Waals surface area (Å²) in [7, 11) is 0. The monoisotopic (exact) mass is 394 g/mol. The van der Waals surface area contributed by atoms with Crippen LogP contribution in [0.1, 0.15) is 11.7 Å².